The van der Waals surface area contributed by atoms with Crippen molar-refractivity contribution in [3.05, 3.63) is 0 Å². The van der Waals surface area contributed by atoms with E-state index in [1.54, 1.807) is 0 Å². The molecule has 0 saturated heterocycles. The van der Waals surface area contributed by atoms with Gasteiger partial charge in [-0.3, -0.25) is 4.46 Å². The Morgan fingerprint density at radius 3 is 0.889 bits per heavy atom. The van der Waals surface area contributed by atoms with E-state index in [2.05, 4.69) is 0 Å². The summed E-state index contributed by atoms with van der Waals surface area (Å²) < 4.78 is 8.74. The van der Waals surface area contributed by atoms with Gasteiger partial charge in [0.2, 0.25) is 0 Å². The molecule has 9 heteroatoms. The first-order chi connectivity index (χ1) is 1.73. The summed E-state index contributed by atoms with van der Waals surface area (Å²) in [5.74, 6) is 0. The fourth-order valence-corrected chi connectivity index (χ4v) is 0. The molecule has 4 nitrogen and oxygen atoms in total. The summed E-state index contributed by atoms with van der Waals surface area (Å²) in [6.07, 6.45) is 0. The second-order valence-corrected chi connectivity index (χ2v) is 0.848. The van der Waals surface area contributed by atoms with Crippen molar-refractivity contribution in [3.63, 3.8) is 0 Å². The van der Waals surface area contributed by atoms with Crippen molar-refractivity contribution < 1.29 is 225 Å². The smallest absolute Gasteiger partial charge is 1.00 e. The van der Waals surface area contributed by atoms with Gasteiger partial charge in [0.25, 0.3) is 0 Å². The van der Waals surface area contributed by atoms with Gasteiger partial charge in [-0.25, -0.2) is 0 Å². The van der Waals surface area contributed by atoms with Crippen LogP contribution in [0.1, 0.15) is 0 Å². The van der Waals surface area contributed by atoms with Crippen LogP contribution in [-0.4, -0.2) is 18.8 Å². The predicted octanol–water partition coefficient (Wildman–Crippen LogP) is -13.7. The van der Waals surface area contributed by atoms with Gasteiger partial charge in [-0.2, -0.15) is 0 Å². The van der Waals surface area contributed by atoms with Crippen molar-refractivity contribution in [2.75, 3.05) is 0 Å². The summed E-state index contributed by atoms with van der Waals surface area (Å²) >= 11 is 0. The Kier molecular flexibility index (Phi) is 118. The quantitative estimate of drug-likeness (QED) is 0.419. The van der Waals surface area contributed by atoms with E-state index in [-0.39, 0.29) is 211 Å². The molecule has 0 amide bonds. The largest absolute Gasteiger partial charge is 2.00 e. The van der Waals surface area contributed by atoms with Gasteiger partial charge in [-0.1, -0.05) is 0 Å². The van der Waals surface area contributed by atoms with Crippen LogP contribution in [0.15, 0.2) is 0 Å². The average molecular weight is 250 g/mol. The fourth-order valence-electron chi connectivity index (χ4n) is 0. The molecule has 0 aromatic rings. The summed E-state index contributed by atoms with van der Waals surface area (Å²) in [5, 5.41) is 0. The molecule has 0 heterocycles. The third kappa shape index (κ3) is 55.4. The van der Waals surface area contributed by atoms with Gasteiger partial charge in [0.15, 0.2) is 0 Å². The molecule has 32 valence electrons. The Morgan fingerprint density at radius 2 is 0.889 bits per heavy atom. The summed E-state index contributed by atoms with van der Waals surface area (Å²) in [5.41, 5.74) is 0. The Hall–Kier alpha value is 6.12. The van der Waals surface area contributed by atoms with Crippen LogP contribution in [0.3, 0.4) is 0 Å². The number of rotatable bonds is 0. The first-order valence-corrected chi connectivity index (χ1v) is 1.95. The molecule has 2 N–H and O–H groups in total. The van der Waals surface area contributed by atoms with Gasteiger partial charge in [0.1, 0.15) is 0 Å². The molecule has 0 atom stereocenters. The third-order valence-electron chi connectivity index (χ3n) is 0. The molecule has 0 aliphatic carbocycles. The van der Waals surface area contributed by atoms with Crippen molar-refractivity contribution in [1.82, 2.24) is 0 Å². The monoisotopic (exact) mass is 250 g/mol. The second-order valence-electron chi connectivity index (χ2n) is 0.283. The van der Waals surface area contributed by atoms with Gasteiger partial charge < -0.3 is 15.1 Å². The van der Waals surface area contributed by atoms with Gasteiger partial charge in [-0.05, 0) is 0 Å². The summed E-state index contributed by atoms with van der Waals surface area (Å²) in [6, 6.07) is 0. The van der Waals surface area contributed by atoms with Crippen molar-refractivity contribution >= 4 is 9.17 Å². The van der Waals surface area contributed by atoms with Gasteiger partial charge >= 0.3 is 215 Å². The van der Waals surface area contributed by atoms with E-state index in [1.165, 1.54) is 0 Å². The van der Waals surface area contributed by atoms with E-state index in [4.69, 9.17) is 14.1 Å². The molecule has 9 heavy (non-hydrogen) atoms. The Labute approximate surface area is 226 Å². The predicted molar refractivity (Wildman–Crippen MR) is 11.6 cm³/mol. The molecule has 0 fully saturated rings. The van der Waals surface area contributed by atoms with Crippen LogP contribution in [0.5, 0.6) is 0 Å². The maximum Gasteiger partial charge on any atom is 1.00 e. The topological polar surface area (TPSA) is 86.0 Å². The molecule has 0 saturated carbocycles. The molecule has 0 unspecified atom stereocenters. The van der Waals surface area contributed by atoms with E-state index >= 15 is 0 Å². The standard InChI is InChI=1S/4K.H2O3Si.O/c;;;;1-4(2)3;/h;;;;1-2H;/q4*+1;;-2. The maximum absolute atomic E-state index is 8.74. The van der Waals surface area contributed by atoms with Crippen LogP contribution >= 0.6 is 0 Å². The van der Waals surface area contributed by atoms with E-state index in [1.807, 2.05) is 0 Å². The molecular formula is H2K4O4Si+2. The van der Waals surface area contributed by atoms with Crippen LogP contribution in [0.4, 0.5) is 0 Å². The van der Waals surface area contributed by atoms with Crippen molar-refractivity contribution in [2.45, 2.75) is 0 Å². The Bertz CT molecular complexity index is 35.5. The van der Waals surface area contributed by atoms with Crippen LogP contribution < -0.4 is 206 Å². The van der Waals surface area contributed by atoms with Crippen molar-refractivity contribution in [2.24, 2.45) is 0 Å². The Morgan fingerprint density at radius 1 is 0.889 bits per heavy atom. The molecule has 0 aromatic heterocycles. The van der Waals surface area contributed by atoms with E-state index in [9.17, 15) is 0 Å². The van der Waals surface area contributed by atoms with Crippen LogP contribution in [0, 0.1) is 0 Å². The summed E-state index contributed by atoms with van der Waals surface area (Å²) in [4.78, 5) is 14.3. The molecule has 0 aliphatic heterocycles. The molecule has 0 radical (unpaired) electrons. The van der Waals surface area contributed by atoms with Gasteiger partial charge in [0.05, 0.1) is 0 Å². The van der Waals surface area contributed by atoms with E-state index < -0.39 is 9.17 Å². The molecule has 0 rings (SSSR count). The van der Waals surface area contributed by atoms with Crippen molar-refractivity contribution in [1.29, 1.82) is 0 Å². The van der Waals surface area contributed by atoms with Gasteiger partial charge in [0, 0.05) is 0 Å². The fraction of sp³-hybridized carbons (Fsp3) is 0. The minimum Gasteiger partial charge on any atom is -2.00 e. The zero-order valence-electron chi connectivity index (χ0n) is 6.21. The van der Waals surface area contributed by atoms with Crippen LogP contribution in [0.2, 0.25) is 0 Å². The average Bonchev–Trinajstić information content (AvgIpc) is 0.811. The summed E-state index contributed by atoms with van der Waals surface area (Å²) in [6.45, 7) is 0. The first kappa shape index (κ1) is 36.2. The minimum absolute atomic E-state index is 0. The van der Waals surface area contributed by atoms with Crippen molar-refractivity contribution in [3.8, 4) is 0 Å². The van der Waals surface area contributed by atoms with E-state index in [0.29, 0.717) is 0 Å². The van der Waals surface area contributed by atoms with E-state index in [0.717, 1.165) is 0 Å². The second kappa shape index (κ2) is 29.2. The molecule has 0 spiro atoms. The first-order valence-electron chi connectivity index (χ1n) is 0.651. The summed E-state index contributed by atoms with van der Waals surface area (Å²) in [7, 11) is -3.13. The zero-order valence-corrected chi connectivity index (χ0v) is 19.7. The number of hydrogen-bond donors (Lipinski definition) is 2. The van der Waals surface area contributed by atoms with Gasteiger partial charge in [-0.15, -0.1) is 0 Å². The molecular weight excluding hydrogens is 248 g/mol. The SMILES string of the molecule is O=[Si](O)O.[K+].[K+].[K+].[K+].[O-2]. The minimum atomic E-state index is -3.13. The maximum atomic E-state index is 8.74. The molecule has 0 aromatic carbocycles. The van der Waals surface area contributed by atoms with Crippen LogP contribution in [-0.2, 0) is 9.94 Å². The Balaban J connectivity index is -0.00000000450. The molecule has 0 bridgehead atoms. The normalized spacial score (nSPS) is 2.67. The number of hydrogen-bond acceptors (Lipinski definition) is 1. The zero-order chi connectivity index (χ0) is 3.58. The van der Waals surface area contributed by atoms with Crippen LogP contribution in [0.25, 0.3) is 0 Å². The third-order valence-corrected chi connectivity index (χ3v) is 0. The molecule has 0 aliphatic rings.